The van der Waals surface area contributed by atoms with Crippen LogP contribution in [0.25, 0.3) is 44.5 Å². The molecule has 6 aromatic carbocycles. The fourth-order valence-electron chi connectivity index (χ4n) is 5.26. The van der Waals surface area contributed by atoms with Gasteiger partial charge in [-0.1, -0.05) is 157 Å². The van der Waals surface area contributed by atoms with Gasteiger partial charge in [0.1, 0.15) is 0 Å². The predicted octanol–water partition coefficient (Wildman–Crippen LogP) is 11.3. The van der Waals surface area contributed by atoms with Crippen LogP contribution in [0.15, 0.2) is 146 Å². The molecule has 0 unspecified atom stereocenters. The number of benzene rings is 6. The monoisotopic (exact) mass is 516 g/mol. The van der Waals surface area contributed by atoms with Gasteiger partial charge in [-0.05, 0) is 83.3 Å². The highest BCUT2D eigenvalue weighted by Crippen LogP contribution is 2.37. The van der Waals surface area contributed by atoms with Crippen LogP contribution in [0.5, 0.6) is 0 Å². The van der Waals surface area contributed by atoms with E-state index in [2.05, 4.69) is 173 Å². The molecule has 0 saturated heterocycles. The third kappa shape index (κ3) is 6.14. The smallest absolute Gasteiger partial charge is 0.00735 e. The summed E-state index contributed by atoms with van der Waals surface area (Å²) in [5, 5.41) is 0. The maximum atomic E-state index is 2.27. The van der Waals surface area contributed by atoms with Crippen LogP contribution in [0.3, 0.4) is 0 Å². The van der Waals surface area contributed by atoms with Gasteiger partial charge in [-0.3, -0.25) is 0 Å². The van der Waals surface area contributed by atoms with Crippen LogP contribution in [0.4, 0.5) is 0 Å². The molecule has 0 amide bonds. The van der Waals surface area contributed by atoms with Crippen molar-refractivity contribution in [2.45, 2.75) is 27.7 Å². The van der Waals surface area contributed by atoms with Crippen LogP contribution in [0.2, 0.25) is 0 Å². The first-order valence-electron chi connectivity index (χ1n) is 14.0. The summed E-state index contributed by atoms with van der Waals surface area (Å²) in [5.41, 5.74) is 15.6. The third-order valence-electron chi connectivity index (χ3n) is 7.37. The molecule has 0 fully saturated rings. The molecule has 196 valence electrons. The molecule has 0 aliphatic rings. The van der Waals surface area contributed by atoms with Gasteiger partial charge < -0.3 is 0 Å². The molecule has 0 heteroatoms. The van der Waals surface area contributed by atoms with Gasteiger partial charge in [0.15, 0.2) is 0 Å². The summed E-state index contributed by atoms with van der Waals surface area (Å²) in [6, 6.07) is 51.7. The fourth-order valence-corrected chi connectivity index (χ4v) is 5.26. The van der Waals surface area contributed by atoms with Crippen LogP contribution in [0.1, 0.15) is 22.3 Å². The van der Waals surface area contributed by atoms with E-state index in [0.717, 1.165) is 0 Å². The molecule has 6 aromatic rings. The zero-order chi connectivity index (χ0) is 27.9. The SMILES string of the molecule is Cc1ccc(-c2ccc(C)cc2-c2ccccc2)cc1.Cc1ccc(C)c(-c2ccccc2)c1-c1ccccc1. The van der Waals surface area contributed by atoms with Gasteiger partial charge in [-0.15, -0.1) is 0 Å². The van der Waals surface area contributed by atoms with Crippen molar-refractivity contribution >= 4 is 0 Å². The molecule has 40 heavy (non-hydrogen) atoms. The second kappa shape index (κ2) is 12.5. The number of aryl methyl sites for hydroxylation is 4. The minimum atomic E-state index is 1.27. The normalized spacial score (nSPS) is 10.5. The Hall–Kier alpha value is -4.68. The first-order chi connectivity index (χ1) is 19.5. The summed E-state index contributed by atoms with van der Waals surface area (Å²) in [4.78, 5) is 0. The van der Waals surface area contributed by atoms with E-state index in [4.69, 9.17) is 0 Å². The van der Waals surface area contributed by atoms with Crippen molar-refractivity contribution in [2.75, 3.05) is 0 Å². The van der Waals surface area contributed by atoms with Crippen molar-refractivity contribution in [3.63, 3.8) is 0 Å². The Morgan fingerprint density at radius 2 is 0.700 bits per heavy atom. The van der Waals surface area contributed by atoms with Gasteiger partial charge in [-0.2, -0.15) is 0 Å². The molecule has 0 aliphatic carbocycles. The molecule has 6 rings (SSSR count). The molecular weight excluding hydrogens is 480 g/mol. The van der Waals surface area contributed by atoms with E-state index in [1.54, 1.807) is 0 Å². The zero-order valence-electron chi connectivity index (χ0n) is 23.9. The standard InChI is InChI=1S/2C20H18/c1-15-13-14-16(2)20(18-11-7-4-8-12-18)19(15)17-9-5-3-6-10-17;1-15-8-11-18(12-9-15)19-13-10-16(2)14-20(19)17-6-4-3-5-7-17/h2*3-14H,1-2H3. The van der Waals surface area contributed by atoms with E-state index >= 15 is 0 Å². The quantitative estimate of drug-likeness (QED) is 0.218. The largest absolute Gasteiger partial charge is 0.0622 e. The van der Waals surface area contributed by atoms with Crippen molar-refractivity contribution < 1.29 is 0 Å². The Bertz CT molecular complexity index is 1610. The Labute approximate surface area is 239 Å². The average molecular weight is 517 g/mol. The predicted molar refractivity (Wildman–Crippen MR) is 174 cm³/mol. The van der Waals surface area contributed by atoms with E-state index in [1.807, 2.05) is 0 Å². The lowest BCUT2D eigenvalue weighted by molar-refractivity contribution is 1.39. The molecule has 0 radical (unpaired) electrons. The van der Waals surface area contributed by atoms with Crippen LogP contribution in [0, 0.1) is 27.7 Å². The van der Waals surface area contributed by atoms with Crippen molar-refractivity contribution in [3.8, 4) is 44.5 Å². The Morgan fingerprint density at radius 3 is 1.18 bits per heavy atom. The topological polar surface area (TPSA) is 0 Å². The van der Waals surface area contributed by atoms with Gasteiger partial charge in [-0.25, -0.2) is 0 Å². The molecule has 0 saturated carbocycles. The highest BCUT2D eigenvalue weighted by molar-refractivity contribution is 5.88. The summed E-state index contributed by atoms with van der Waals surface area (Å²) >= 11 is 0. The first kappa shape index (κ1) is 26.9. The average Bonchev–Trinajstić information content (AvgIpc) is 3.00. The summed E-state index contributed by atoms with van der Waals surface area (Å²) in [5.74, 6) is 0. The summed E-state index contributed by atoms with van der Waals surface area (Å²) in [6.45, 7) is 8.64. The Morgan fingerprint density at radius 1 is 0.300 bits per heavy atom. The molecule has 0 bridgehead atoms. The van der Waals surface area contributed by atoms with Crippen LogP contribution >= 0.6 is 0 Å². The van der Waals surface area contributed by atoms with E-state index in [-0.39, 0.29) is 0 Å². The third-order valence-corrected chi connectivity index (χ3v) is 7.37. The van der Waals surface area contributed by atoms with Crippen molar-refractivity contribution in [1.82, 2.24) is 0 Å². The maximum absolute atomic E-state index is 2.27. The lowest BCUT2D eigenvalue weighted by Crippen LogP contribution is -1.92. The van der Waals surface area contributed by atoms with E-state index in [9.17, 15) is 0 Å². The summed E-state index contributed by atoms with van der Waals surface area (Å²) in [7, 11) is 0. The molecule has 0 nitrogen and oxygen atoms in total. The Kier molecular flexibility index (Phi) is 8.38. The second-order valence-electron chi connectivity index (χ2n) is 10.5. The van der Waals surface area contributed by atoms with E-state index in [0.29, 0.717) is 0 Å². The van der Waals surface area contributed by atoms with Gasteiger partial charge >= 0.3 is 0 Å². The molecule has 0 heterocycles. The van der Waals surface area contributed by atoms with Crippen LogP contribution < -0.4 is 0 Å². The van der Waals surface area contributed by atoms with E-state index < -0.39 is 0 Å². The van der Waals surface area contributed by atoms with Gasteiger partial charge in [0.25, 0.3) is 0 Å². The van der Waals surface area contributed by atoms with E-state index in [1.165, 1.54) is 66.8 Å². The maximum Gasteiger partial charge on any atom is -0.00735 e. The highest BCUT2D eigenvalue weighted by Gasteiger charge is 2.12. The minimum Gasteiger partial charge on any atom is -0.0622 e. The highest BCUT2D eigenvalue weighted by atomic mass is 14.2. The summed E-state index contributed by atoms with van der Waals surface area (Å²) in [6.07, 6.45) is 0. The van der Waals surface area contributed by atoms with Gasteiger partial charge in [0, 0.05) is 0 Å². The molecule has 0 N–H and O–H groups in total. The zero-order valence-corrected chi connectivity index (χ0v) is 23.9. The van der Waals surface area contributed by atoms with Gasteiger partial charge in [0.05, 0.1) is 0 Å². The van der Waals surface area contributed by atoms with Gasteiger partial charge in [0.2, 0.25) is 0 Å². The minimum absolute atomic E-state index is 1.27. The molecule has 0 aromatic heterocycles. The van der Waals surface area contributed by atoms with Crippen LogP contribution in [-0.2, 0) is 0 Å². The van der Waals surface area contributed by atoms with Crippen molar-refractivity contribution in [3.05, 3.63) is 168 Å². The Balaban J connectivity index is 0.000000161. The molecule has 0 aliphatic heterocycles. The first-order valence-corrected chi connectivity index (χ1v) is 14.0. The lowest BCUT2D eigenvalue weighted by Gasteiger charge is -2.16. The number of hydrogen-bond donors (Lipinski definition) is 0. The second-order valence-corrected chi connectivity index (χ2v) is 10.5. The van der Waals surface area contributed by atoms with Crippen molar-refractivity contribution in [2.24, 2.45) is 0 Å². The molecular formula is C40H36. The van der Waals surface area contributed by atoms with Crippen molar-refractivity contribution in [1.29, 1.82) is 0 Å². The van der Waals surface area contributed by atoms with Crippen LogP contribution in [-0.4, -0.2) is 0 Å². The molecule has 0 spiro atoms. The number of hydrogen-bond acceptors (Lipinski definition) is 0. The number of rotatable bonds is 4. The fraction of sp³-hybridized carbons (Fsp3) is 0.100. The lowest BCUT2D eigenvalue weighted by atomic mass is 9.88. The summed E-state index contributed by atoms with van der Waals surface area (Å²) < 4.78 is 0. The molecule has 0 atom stereocenters.